The number of carbonyl (C=O) groups excluding carboxylic acids is 2. The van der Waals surface area contributed by atoms with Gasteiger partial charge in [0.1, 0.15) is 11.4 Å². The van der Waals surface area contributed by atoms with Crippen LogP contribution in [0.3, 0.4) is 0 Å². The van der Waals surface area contributed by atoms with Gasteiger partial charge in [-0.15, -0.1) is 0 Å². The van der Waals surface area contributed by atoms with Crippen LogP contribution >= 0.6 is 0 Å². The molecule has 142 valence electrons. The van der Waals surface area contributed by atoms with Crippen molar-refractivity contribution in [3.63, 3.8) is 0 Å². The van der Waals surface area contributed by atoms with Crippen molar-refractivity contribution in [2.75, 3.05) is 26.2 Å². The molecule has 1 aromatic rings. The Balaban J connectivity index is 1.29. The molecule has 0 unspecified atom stereocenters. The number of carbonyl (C=O) groups is 2. The molecule has 0 radical (unpaired) electrons. The van der Waals surface area contributed by atoms with Crippen molar-refractivity contribution in [1.82, 2.24) is 15.2 Å². The van der Waals surface area contributed by atoms with Gasteiger partial charge in [0.2, 0.25) is 0 Å². The Morgan fingerprint density at radius 1 is 1.31 bits per heavy atom. The second kappa shape index (κ2) is 7.51. The van der Waals surface area contributed by atoms with Crippen LogP contribution in [0.25, 0.3) is 0 Å². The van der Waals surface area contributed by atoms with Gasteiger partial charge in [-0.25, -0.2) is 4.79 Å². The Kier molecular flexibility index (Phi) is 5.34. The second-order valence-electron chi connectivity index (χ2n) is 7.99. The molecule has 1 aromatic heterocycles. The summed E-state index contributed by atoms with van der Waals surface area (Å²) in [5, 5.41) is 2.89. The molecule has 2 aliphatic rings. The third kappa shape index (κ3) is 4.86. The molecular formula is C19H27N3O4. The highest BCUT2D eigenvalue weighted by Crippen LogP contribution is 2.53. The van der Waals surface area contributed by atoms with Crippen LogP contribution in [0, 0.1) is 17.8 Å². The van der Waals surface area contributed by atoms with Gasteiger partial charge in [0.15, 0.2) is 6.61 Å². The molecule has 3 rings (SSSR count). The summed E-state index contributed by atoms with van der Waals surface area (Å²) in [4.78, 5) is 29.6. The predicted octanol–water partition coefficient (Wildman–Crippen LogP) is 2.08. The molecule has 2 amide bonds. The molecule has 2 heterocycles. The van der Waals surface area contributed by atoms with E-state index in [1.165, 1.54) is 0 Å². The van der Waals surface area contributed by atoms with E-state index in [-0.39, 0.29) is 18.6 Å². The number of aromatic nitrogens is 1. The summed E-state index contributed by atoms with van der Waals surface area (Å²) >= 11 is 0. The van der Waals surface area contributed by atoms with Gasteiger partial charge in [-0.1, -0.05) is 0 Å². The lowest BCUT2D eigenvalue weighted by atomic mass is 10.2. The van der Waals surface area contributed by atoms with Gasteiger partial charge in [0.25, 0.3) is 5.91 Å². The fourth-order valence-electron chi connectivity index (χ4n) is 3.56. The molecule has 1 aliphatic carbocycles. The third-order valence-electron chi connectivity index (χ3n) is 4.83. The van der Waals surface area contributed by atoms with Crippen LogP contribution in [0.1, 0.15) is 27.2 Å². The molecule has 1 saturated heterocycles. The average Bonchev–Trinajstić information content (AvgIpc) is 3.02. The first-order valence-corrected chi connectivity index (χ1v) is 9.11. The number of nitrogens with one attached hydrogen (secondary N) is 1. The summed E-state index contributed by atoms with van der Waals surface area (Å²) in [5.74, 6) is 2.14. The number of nitrogens with zero attached hydrogens (tertiary/aromatic N) is 2. The van der Waals surface area contributed by atoms with E-state index in [4.69, 9.17) is 9.47 Å². The number of pyridine rings is 1. The van der Waals surface area contributed by atoms with Gasteiger partial charge in [-0.2, -0.15) is 0 Å². The first-order chi connectivity index (χ1) is 12.3. The number of piperidine rings is 1. The van der Waals surface area contributed by atoms with Crippen molar-refractivity contribution in [2.24, 2.45) is 17.8 Å². The molecule has 0 aromatic carbocycles. The summed E-state index contributed by atoms with van der Waals surface area (Å²) in [6.45, 7) is 7.81. The normalized spacial score (nSPS) is 24.0. The van der Waals surface area contributed by atoms with Gasteiger partial charge >= 0.3 is 6.09 Å². The Hall–Kier alpha value is -2.31. The van der Waals surface area contributed by atoms with E-state index in [1.807, 2.05) is 20.8 Å². The smallest absolute Gasteiger partial charge is 0.410 e. The molecule has 0 bridgehead atoms. The van der Waals surface area contributed by atoms with Crippen LogP contribution in [0.5, 0.6) is 5.75 Å². The van der Waals surface area contributed by atoms with E-state index in [2.05, 4.69) is 10.3 Å². The quantitative estimate of drug-likeness (QED) is 0.839. The Morgan fingerprint density at radius 3 is 2.65 bits per heavy atom. The minimum atomic E-state index is -0.453. The molecule has 2 fully saturated rings. The molecule has 0 spiro atoms. The van der Waals surface area contributed by atoms with Crippen LogP contribution in [0.4, 0.5) is 4.79 Å². The highest BCUT2D eigenvalue weighted by Gasteiger charge is 2.56. The number of fused-ring (bicyclic) bond motifs is 1. The number of rotatable bonds is 6. The Labute approximate surface area is 154 Å². The van der Waals surface area contributed by atoms with E-state index < -0.39 is 5.60 Å². The maximum Gasteiger partial charge on any atom is 0.410 e. The molecule has 1 aliphatic heterocycles. The first-order valence-electron chi connectivity index (χ1n) is 9.11. The van der Waals surface area contributed by atoms with Crippen molar-refractivity contribution in [1.29, 1.82) is 0 Å². The van der Waals surface area contributed by atoms with Gasteiger partial charge in [-0.3, -0.25) is 9.78 Å². The van der Waals surface area contributed by atoms with Crippen molar-refractivity contribution in [3.8, 4) is 5.75 Å². The van der Waals surface area contributed by atoms with Crippen molar-refractivity contribution >= 4 is 12.0 Å². The van der Waals surface area contributed by atoms with Crippen molar-refractivity contribution < 1.29 is 19.1 Å². The lowest BCUT2D eigenvalue weighted by Crippen LogP contribution is -2.37. The Morgan fingerprint density at radius 2 is 2.04 bits per heavy atom. The zero-order valence-electron chi connectivity index (χ0n) is 15.6. The molecule has 3 atom stereocenters. The van der Waals surface area contributed by atoms with E-state index in [9.17, 15) is 9.59 Å². The first kappa shape index (κ1) is 18.5. The van der Waals surface area contributed by atoms with E-state index in [1.54, 1.807) is 29.4 Å². The topological polar surface area (TPSA) is 80.8 Å². The predicted molar refractivity (Wildman–Crippen MR) is 95.6 cm³/mol. The largest absolute Gasteiger partial charge is 0.482 e. The van der Waals surface area contributed by atoms with Gasteiger partial charge < -0.3 is 19.7 Å². The molecular weight excluding hydrogens is 334 g/mol. The molecule has 7 nitrogen and oxygen atoms in total. The minimum Gasteiger partial charge on any atom is -0.482 e. The van der Waals surface area contributed by atoms with Crippen LogP contribution < -0.4 is 10.1 Å². The summed E-state index contributed by atoms with van der Waals surface area (Å²) in [6.07, 6.45) is 3.96. The number of amides is 2. The maximum absolute atomic E-state index is 12.1. The average molecular weight is 361 g/mol. The lowest BCUT2D eigenvalue weighted by molar-refractivity contribution is -0.123. The van der Waals surface area contributed by atoms with E-state index in [0.29, 0.717) is 30.0 Å². The molecule has 7 heteroatoms. The summed E-state index contributed by atoms with van der Waals surface area (Å²) in [7, 11) is 0. The lowest BCUT2D eigenvalue weighted by Gasteiger charge is -2.25. The van der Waals surface area contributed by atoms with Gasteiger partial charge in [0.05, 0.1) is 6.20 Å². The standard InChI is InChI=1S/C19H27N3O4/c1-19(2,3)26-18(24)22-10-15-14(16(15)11-22)6-8-21-17(23)12-25-13-5-4-7-20-9-13/h4-5,7,9,14-16H,6,8,10-12H2,1-3H3,(H,21,23)/t14-,15-,16+. The van der Waals surface area contributed by atoms with Crippen molar-refractivity contribution in [3.05, 3.63) is 24.5 Å². The fraction of sp³-hybridized carbons (Fsp3) is 0.632. The highest BCUT2D eigenvalue weighted by molar-refractivity contribution is 5.77. The van der Waals surface area contributed by atoms with E-state index >= 15 is 0 Å². The zero-order valence-corrected chi connectivity index (χ0v) is 15.6. The third-order valence-corrected chi connectivity index (χ3v) is 4.83. The summed E-state index contributed by atoms with van der Waals surface area (Å²) in [6, 6.07) is 3.53. The maximum atomic E-state index is 12.1. The summed E-state index contributed by atoms with van der Waals surface area (Å²) in [5.41, 5.74) is -0.453. The SMILES string of the molecule is CC(C)(C)OC(=O)N1C[C@@H]2[C@@H](CCNC(=O)COc3cccnc3)[C@@H]2C1. The van der Waals surface area contributed by atoms with Gasteiger partial charge in [0, 0.05) is 25.8 Å². The van der Waals surface area contributed by atoms with Crippen LogP contribution in [-0.2, 0) is 9.53 Å². The van der Waals surface area contributed by atoms with Crippen molar-refractivity contribution in [2.45, 2.75) is 32.8 Å². The van der Waals surface area contributed by atoms with Crippen LogP contribution in [-0.4, -0.2) is 53.7 Å². The highest BCUT2D eigenvalue weighted by atomic mass is 16.6. The number of likely N-dealkylation sites (tertiary alicyclic amines) is 1. The molecule has 26 heavy (non-hydrogen) atoms. The number of ether oxygens (including phenoxy) is 2. The Bertz CT molecular complexity index is 632. The van der Waals surface area contributed by atoms with E-state index in [0.717, 1.165) is 19.5 Å². The number of hydrogen-bond acceptors (Lipinski definition) is 5. The monoisotopic (exact) mass is 361 g/mol. The summed E-state index contributed by atoms with van der Waals surface area (Å²) < 4.78 is 10.8. The zero-order chi connectivity index (χ0) is 18.7. The molecule has 1 N–H and O–H groups in total. The molecule has 1 saturated carbocycles. The number of hydrogen-bond donors (Lipinski definition) is 1. The minimum absolute atomic E-state index is 0.00433. The van der Waals surface area contributed by atoms with Crippen LogP contribution in [0.2, 0.25) is 0 Å². The van der Waals surface area contributed by atoms with Gasteiger partial charge in [-0.05, 0) is 57.1 Å². The second-order valence-corrected chi connectivity index (χ2v) is 7.99. The fourth-order valence-corrected chi connectivity index (χ4v) is 3.56. The van der Waals surface area contributed by atoms with Crippen LogP contribution in [0.15, 0.2) is 24.5 Å².